The molecule has 3 rings (SSSR count). The van der Waals surface area contributed by atoms with Gasteiger partial charge in [0.05, 0.1) is 13.2 Å². The predicted molar refractivity (Wildman–Crippen MR) is 80.3 cm³/mol. The zero-order valence-corrected chi connectivity index (χ0v) is 12.3. The van der Waals surface area contributed by atoms with E-state index < -0.39 is 0 Å². The molecule has 21 heavy (non-hydrogen) atoms. The Morgan fingerprint density at radius 3 is 3.05 bits per heavy atom. The largest absolute Gasteiger partial charge is 0.493 e. The van der Waals surface area contributed by atoms with Crippen molar-refractivity contribution >= 4 is 16.9 Å². The van der Waals surface area contributed by atoms with Gasteiger partial charge in [-0.3, -0.25) is 4.79 Å². The molecule has 1 aromatic carbocycles. The minimum Gasteiger partial charge on any atom is -0.493 e. The first-order valence-electron chi connectivity index (χ1n) is 7.26. The number of methoxy groups -OCH3 is 1. The Morgan fingerprint density at radius 2 is 2.33 bits per heavy atom. The van der Waals surface area contributed by atoms with Crippen LogP contribution in [0.25, 0.3) is 11.0 Å². The molecule has 0 bridgehead atoms. The molecule has 0 radical (unpaired) electrons. The third kappa shape index (κ3) is 2.88. The van der Waals surface area contributed by atoms with Crippen molar-refractivity contribution in [2.24, 2.45) is 0 Å². The highest BCUT2D eigenvalue weighted by atomic mass is 16.5. The Hall–Kier alpha value is -2.01. The zero-order valence-electron chi connectivity index (χ0n) is 12.3. The van der Waals surface area contributed by atoms with Crippen molar-refractivity contribution in [2.45, 2.75) is 31.8 Å². The van der Waals surface area contributed by atoms with Crippen molar-refractivity contribution in [1.29, 1.82) is 0 Å². The monoisotopic (exact) mass is 288 g/mol. The van der Waals surface area contributed by atoms with Gasteiger partial charge in [0, 0.05) is 24.4 Å². The molecule has 2 aromatic rings. The van der Waals surface area contributed by atoms with Gasteiger partial charge in [-0.1, -0.05) is 12.1 Å². The van der Waals surface area contributed by atoms with Gasteiger partial charge in [-0.2, -0.15) is 0 Å². The molecule has 0 aliphatic carbocycles. The van der Waals surface area contributed by atoms with Gasteiger partial charge in [-0.15, -0.1) is 0 Å². The second-order valence-corrected chi connectivity index (χ2v) is 5.46. The topological polar surface area (TPSA) is 63.5 Å². The second-order valence-electron chi connectivity index (χ2n) is 5.46. The molecule has 2 N–H and O–H groups in total. The summed E-state index contributed by atoms with van der Waals surface area (Å²) in [6.45, 7) is 2.74. The SMILES string of the molecule is COc1cccc2cc(C(C)NC3CCC(=O)NC3)oc12. The van der Waals surface area contributed by atoms with E-state index in [1.165, 1.54) is 0 Å². The van der Waals surface area contributed by atoms with Crippen LogP contribution >= 0.6 is 0 Å². The first-order chi connectivity index (χ1) is 10.2. The number of carbonyl (C=O) groups is 1. The van der Waals surface area contributed by atoms with Crippen LogP contribution in [0.15, 0.2) is 28.7 Å². The van der Waals surface area contributed by atoms with E-state index in [-0.39, 0.29) is 18.0 Å². The third-order valence-corrected chi connectivity index (χ3v) is 3.92. The molecular weight excluding hydrogens is 268 g/mol. The number of para-hydroxylation sites is 1. The summed E-state index contributed by atoms with van der Waals surface area (Å²) >= 11 is 0. The Labute approximate surface area is 123 Å². The first-order valence-corrected chi connectivity index (χ1v) is 7.26. The molecule has 1 amide bonds. The van der Waals surface area contributed by atoms with Gasteiger partial charge in [0.15, 0.2) is 11.3 Å². The fourth-order valence-electron chi connectivity index (χ4n) is 2.74. The number of amides is 1. The average Bonchev–Trinajstić information content (AvgIpc) is 2.93. The van der Waals surface area contributed by atoms with Crippen molar-refractivity contribution in [3.63, 3.8) is 0 Å². The Kier molecular flexibility index (Phi) is 3.84. The van der Waals surface area contributed by atoms with Crippen LogP contribution in [0.5, 0.6) is 5.75 Å². The van der Waals surface area contributed by atoms with Gasteiger partial charge in [-0.25, -0.2) is 0 Å². The van der Waals surface area contributed by atoms with Crippen molar-refractivity contribution in [3.05, 3.63) is 30.0 Å². The van der Waals surface area contributed by atoms with E-state index in [2.05, 4.69) is 17.6 Å². The van der Waals surface area contributed by atoms with Crippen LogP contribution in [0.2, 0.25) is 0 Å². The summed E-state index contributed by atoms with van der Waals surface area (Å²) in [6.07, 6.45) is 1.44. The summed E-state index contributed by atoms with van der Waals surface area (Å²) in [6, 6.07) is 8.27. The maximum absolute atomic E-state index is 11.2. The van der Waals surface area contributed by atoms with Crippen molar-refractivity contribution in [3.8, 4) is 5.75 Å². The zero-order chi connectivity index (χ0) is 14.8. The van der Waals surface area contributed by atoms with Crippen LogP contribution < -0.4 is 15.4 Å². The summed E-state index contributed by atoms with van der Waals surface area (Å²) in [5.41, 5.74) is 0.778. The lowest BCUT2D eigenvalue weighted by Gasteiger charge is -2.26. The van der Waals surface area contributed by atoms with Crippen LogP contribution in [-0.4, -0.2) is 25.6 Å². The number of furan rings is 1. The van der Waals surface area contributed by atoms with Crippen molar-refractivity contribution < 1.29 is 13.9 Å². The average molecular weight is 288 g/mol. The maximum Gasteiger partial charge on any atom is 0.220 e. The molecule has 112 valence electrons. The number of piperidine rings is 1. The third-order valence-electron chi connectivity index (χ3n) is 3.92. The van der Waals surface area contributed by atoms with E-state index in [4.69, 9.17) is 9.15 Å². The van der Waals surface area contributed by atoms with E-state index in [0.717, 1.165) is 28.9 Å². The first kappa shape index (κ1) is 13.9. The van der Waals surface area contributed by atoms with E-state index in [9.17, 15) is 4.79 Å². The molecule has 2 atom stereocenters. The van der Waals surface area contributed by atoms with Crippen molar-refractivity contribution in [1.82, 2.24) is 10.6 Å². The molecule has 1 aromatic heterocycles. The summed E-state index contributed by atoms with van der Waals surface area (Å²) in [4.78, 5) is 11.2. The normalized spacial score (nSPS) is 20.3. The maximum atomic E-state index is 11.2. The van der Waals surface area contributed by atoms with Gasteiger partial charge >= 0.3 is 0 Å². The molecule has 1 fully saturated rings. The fourth-order valence-corrected chi connectivity index (χ4v) is 2.74. The lowest BCUT2D eigenvalue weighted by molar-refractivity contribution is -0.122. The molecule has 5 heteroatoms. The summed E-state index contributed by atoms with van der Waals surface area (Å²) in [5.74, 6) is 1.76. The molecule has 0 spiro atoms. The van der Waals surface area contributed by atoms with Gasteiger partial charge in [0.2, 0.25) is 5.91 Å². The van der Waals surface area contributed by atoms with E-state index in [1.807, 2.05) is 24.3 Å². The molecule has 0 saturated carbocycles. The summed E-state index contributed by atoms with van der Waals surface area (Å²) < 4.78 is 11.3. The van der Waals surface area contributed by atoms with Crippen LogP contribution in [0.3, 0.4) is 0 Å². The molecule has 1 saturated heterocycles. The van der Waals surface area contributed by atoms with Crippen molar-refractivity contribution in [2.75, 3.05) is 13.7 Å². The number of hydrogen-bond acceptors (Lipinski definition) is 4. The number of carbonyl (C=O) groups excluding carboxylic acids is 1. The van der Waals surface area contributed by atoms with Crippen LogP contribution in [0.1, 0.15) is 31.6 Å². The number of fused-ring (bicyclic) bond motifs is 1. The second kappa shape index (κ2) is 5.77. The van der Waals surface area contributed by atoms with Gasteiger partial charge in [0.1, 0.15) is 5.76 Å². The fraction of sp³-hybridized carbons (Fsp3) is 0.438. The predicted octanol–water partition coefficient (Wildman–Crippen LogP) is 2.37. The lowest BCUT2D eigenvalue weighted by atomic mass is 10.1. The quantitative estimate of drug-likeness (QED) is 0.906. The molecule has 2 unspecified atom stereocenters. The Balaban J connectivity index is 1.75. The molecule has 2 heterocycles. The highest BCUT2D eigenvalue weighted by Crippen LogP contribution is 2.31. The number of benzene rings is 1. The van der Waals surface area contributed by atoms with E-state index in [1.54, 1.807) is 7.11 Å². The van der Waals surface area contributed by atoms with Gasteiger partial charge in [-0.05, 0) is 25.5 Å². The number of rotatable bonds is 4. The number of ether oxygens (including phenoxy) is 1. The number of hydrogen-bond donors (Lipinski definition) is 2. The van der Waals surface area contributed by atoms with Crippen LogP contribution in [-0.2, 0) is 4.79 Å². The molecule has 1 aliphatic heterocycles. The molecular formula is C16H20N2O3. The standard InChI is InChI=1S/C16H20N2O3/c1-10(18-12-6-7-15(19)17-9-12)14-8-11-4-3-5-13(20-2)16(11)21-14/h3-5,8,10,12,18H,6-7,9H2,1-2H3,(H,17,19). The minimum atomic E-state index is 0.0853. The summed E-state index contributed by atoms with van der Waals surface area (Å²) in [5, 5.41) is 7.42. The van der Waals surface area contributed by atoms with Crippen LogP contribution in [0.4, 0.5) is 0 Å². The van der Waals surface area contributed by atoms with E-state index >= 15 is 0 Å². The Morgan fingerprint density at radius 1 is 1.48 bits per heavy atom. The Bertz CT molecular complexity index is 640. The highest BCUT2D eigenvalue weighted by Gasteiger charge is 2.21. The molecule has 1 aliphatic rings. The lowest BCUT2D eigenvalue weighted by Crippen LogP contribution is -2.46. The highest BCUT2D eigenvalue weighted by molar-refractivity contribution is 5.83. The number of nitrogens with one attached hydrogen (secondary N) is 2. The molecule has 5 nitrogen and oxygen atoms in total. The minimum absolute atomic E-state index is 0.0853. The smallest absolute Gasteiger partial charge is 0.220 e. The van der Waals surface area contributed by atoms with Gasteiger partial charge in [0.25, 0.3) is 0 Å². The van der Waals surface area contributed by atoms with Crippen LogP contribution in [0, 0.1) is 0 Å². The van der Waals surface area contributed by atoms with Gasteiger partial charge < -0.3 is 19.8 Å². The summed E-state index contributed by atoms with van der Waals surface area (Å²) in [7, 11) is 1.64. The van der Waals surface area contributed by atoms with E-state index in [0.29, 0.717) is 13.0 Å².